The molecule has 0 unspecified atom stereocenters. The summed E-state index contributed by atoms with van der Waals surface area (Å²) in [4.78, 5) is 11.2. The summed E-state index contributed by atoms with van der Waals surface area (Å²) in [5, 5.41) is 3.45. The summed E-state index contributed by atoms with van der Waals surface area (Å²) < 4.78 is 15.4. The average Bonchev–Trinajstić information content (AvgIpc) is 2.94. The van der Waals surface area contributed by atoms with Crippen LogP contribution in [0.3, 0.4) is 0 Å². The van der Waals surface area contributed by atoms with Crippen LogP contribution in [0.15, 0.2) is 45.9 Å². The molecule has 6 heteroatoms. The van der Waals surface area contributed by atoms with E-state index in [1.807, 2.05) is 12.1 Å². The molecule has 104 valence electrons. The Morgan fingerprint density at radius 1 is 1.40 bits per heavy atom. The molecule has 0 bridgehead atoms. The van der Waals surface area contributed by atoms with Crippen LogP contribution in [-0.4, -0.2) is 19.3 Å². The monoisotopic (exact) mass is 274 g/mol. The number of benzene rings is 1. The molecule has 0 atom stereocenters. The molecule has 1 aromatic carbocycles. The largest absolute Gasteiger partial charge is 0.486 e. The Morgan fingerprint density at radius 2 is 2.25 bits per heavy atom. The Labute approximate surface area is 115 Å². The van der Waals surface area contributed by atoms with Crippen LogP contribution in [0.2, 0.25) is 0 Å². The molecule has 0 saturated carbocycles. The van der Waals surface area contributed by atoms with E-state index in [1.165, 1.54) is 13.3 Å². The van der Waals surface area contributed by atoms with E-state index < -0.39 is 5.97 Å². The third-order valence-electron chi connectivity index (χ3n) is 2.51. The summed E-state index contributed by atoms with van der Waals surface area (Å²) in [5.41, 5.74) is 0.833. The second kappa shape index (κ2) is 6.42. The molecule has 6 nitrogen and oxygen atoms in total. The van der Waals surface area contributed by atoms with Crippen molar-refractivity contribution >= 4 is 12.2 Å². The first-order valence-corrected chi connectivity index (χ1v) is 5.86. The zero-order chi connectivity index (χ0) is 14.4. The first-order chi connectivity index (χ1) is 9.72. The van der Waals surface area contributed by atoms with E-state index >= 15 is 0 Å². The predicted octanol–water partition coefficient (Wildman–Crippen LogP) is 1.94. The summed E-state index contributed by atoms with van der Waals surface area (Å²) in [7, 11) is 1.30. The van der Waals surface area contributed by atoms with Crippen LogP contribution in [0.1, 0.15) is 21.9 Å². The molecule has 1 heterocycles. The van der Waals surface area contributed by atoms with E-state index in [2.05, 4.69) is 9.84 Å². The fourth-order valence-corrected chi connectivity index (χ4v) is 1.59. The molecule has 0 radical (unpaired) electrons. The molecule has 0 spiro atoms. The number of carbonyl (C=O) groups excluding carboxylic acids is 1. The lowest BCUT2D eigenvalue weighted by atomic mass is 10.2. The molecule has 2 N–H and O–H groups in total. The highest BCUT2D eigenvalue weighted by atomic mass is 16.5. The zero-order valence-corrected chi connectivity index (χ0v) is 10.9. The van der Waals surface area contributed by atoms with Crippen molar-refractivity contribution in [3.05, 3.63) is 53.5 Å². The van der Waals surface area contributed by atoms with Gasteiger partial charge in [0.15, 0.2) is 0 Å². The molecule has 1 aromatic heterocycles. The van der Waals surface area contributed by atoms with Crippen molar-refractivity contribution in [1.29, 1.82) is 0 Å². The highest BCUT2D eigenvalue weighted by molar-refractivity contribution is 5.86. The molecule has 2 rings (SSSR count). The van der Waals surface area contributed by atoms with E-state index in [4.69, 9.17) is 15.0 Å². The van der Waals surface area contributed by atoms with Crippen LogP contribution in [0.4, 0.5) is 0 Å². The van der Waals surface area contributed by atoms with E-state index in [0.29, 0.717) is 11.5 Å². The number of ether oxygens (including phenoxy) is 2. The molecule has 0 aliphatic rings. The smallest absolute Gasteiger partial charge is 0.373 e. The van der Waals surface area contributed by atoms with Crippen LogP contribution in [0.25, 0.3) is 0 Å². The quantitative estimate of drug-likeness (QED) is 0.389. The molecular weight excluding hydrogens is 260 g/mol. The number of nitrogens with two attached hydrogens (primary N) is 1. The summed E-state index contributed by atoms with van der Waals surface area (Å²) >= 11 is 0. The lowest BCUT2D eigenvalue weighted by Gasteiger charge is -2.04. The fraction of sp³-hybridized carbons (Fsp3) is 0.143. The predicted molar refractivity (Wildman–Crippen MR) is 72.6 cm³/mol. The normalized spacial score (nSPS) is 10.7. The lowest BCUT2D eigenvalue weighted by molar-refractivity contribution is 0.0561. The number of methoxy groups -OCH3 is 1. The van der Waals surface area contributed by atoms with Gasteiger partial charge >= 0.3 is 5.97 Å². The van der Waals surface area contributed by atoms with Crippen LogP contribution >= 0.6 is 0 Å². The van der Waals surface area contributed by atoms with Gasteiger partial charge in [-0.2, -0.15) is 5.10 Å². The molecule has 0 amide bonds. The van der Waals surface area contributed by atoms with E-state index in [1.54, 1.807) is 24.3 Å². The van der Waals surface area contributed by atoms with Gasteiger partial charge in [-0.05, 0) is 29.8 Å². The minimum absolute atomic E-state index is 0.148. The van der Waals surface area contributed by atoms with Crippen molar-refractivity contribution in [3.8, 4) is 5.75 Å². The van der Waals surface area contributed by atoms with Crippen LogP contribution in [0, 0.1) is 0 Å². The van der Waals surface area contributed by atoms with Gasteiger partial charge in [-0.3, -0.25) is 0 Å². The van der Waals surface area contributed by atoms with Crippen molar-refractivity contribution in [3.63, 3.8) is 0 Å². The average molecular weight is 274 g/mol. The van der Waals surface area contributed by atoms with Gasteiger partial charge < -0.3 is 19.7 Å². The fourth-order valence-electron chi connectivity index (χ4n) is 1.59. The number of hydrazone groups is 1. The first kappa shape index (κ1) is 13.7. The molecule has 20 heavy (non-hydrogen) atoms. The van der Waals surface area contributed by atoms with E-state index in [-0.39, 0.29) is 12.4 Å². The van der Waals surface area contributed by atoms with E-state index in [9.17, 15) is 4.79 Å². The molecule has 0 saturated heterocycles. The summed E-state index contributed by atoms with van der Waals surface area (Å²) in [6.07, 6.45) is 1.52. The van der Waals surface area contributed by atoms with Gasteiger partial charge in [0.1, 0.15) is 18.1 Å². The third kappa shape index (κ3) is 3.38. The van der Waals surface area contributed by atoms with Gasteiger partial charge in [-0.15, -0.1) is 0 Å². The number of hydrogen-bond acceptors (Lipinski definition) is 6. The minimum atomic E-state index is -0.516. The standard InChI is InChI=1S/C14H14N2O4/c1-18-14(17)13-6-5-12(20-13)9-19-11-4-2-3-10(7-11)8-16-15/h2-8H,9,15H2,1H3. The summed E-state index contributed by atoms with van der Waals surface area (Å²) in [6, 6.07) is 10.5. The molecule has 0 aliphatic heterocycles. The zero-order valence-electron chi connectivity index (χ0n) is 10.9. The maximum atomic E-state index is 11.2. The van der Waals surface area contributed by atoms with Crippen molar-refractivity contribution in [1.82, 2.24) is 0 Å². The van der Waals surface area contributed by atoms with Gasteiger partial charge in [-0.25, -0.2) is 4.79 Å². The number of rotatable bonds is 5. The minimum Gasteiger partial charge on any atom is -0.486 e. The topological polar surface area (TPSA) is 87.0 Å². The van der Waals surface area contributed by atoms with Gasteiger partial charge in [-0.1, -0.05) is 12.1 Å². The first-order valence-electron chi connectivity index (χ1n) is 5.86. The van der Waals surface area contributed by atoms with E-state index in [0.717, 1.165) is 5.56 Å². The summed E-state index contributed by atoms with van der Waals surface area (Å²) in [6.45, 7) is 0.209. The number of hydrogen-bond donors (Lipinski definition) is 1. The van der Waals surface area contributed by atoms with Gasteiger partial charge in [0.25, 0.3) is 0 Å². The van der Waals surface area contributed by atoms with Crippen molar-refractivity contribution in [2.45, 2.75) is 6.61 Å². The number of nitrogens with zero attached hydrogens (tertiary/aromatic N) is 1. The second-order valence-electron chi connectivity index (χ2n) is 3.90. The van der Waals surface area contributed by atoms with Crippen LogP contribution < -0.4 is 10.6 Å². The van der Waals surface area contributed by atoms with Gasteiger partial charge in [0, 0.05) is 0 Å². The SMILES string of the molecule is COC(=O)c1ccc(COc2cccc(C=NN)c2)o1. The van der Waals surface area contributed by atoms with Gasteiger partial charge in [0.2, 0.25) is 5.76 Å². The Morgan fingerprint density at radius 3 is 3.00 bits per heavy atom. The van der Waals surface area contributed by atoms with Crippen molar-refractivity contribution < 1.29 is 18.7 Å². The molecule has 0 aliphatic carbocycles. The van der Waals surface area contributed by atoms with Crippen molar-refractivity contribution in [2.24, 2.45) is 10.9 Å². The lowest BCUT2D eigenvalue weighted by Crippen LogP contribution is -1.99. The maximum absolute atomic E-state index is 11.2. The third-order valence-corrected chi connectivity index (χ3v) is 2.51. The Hall–Kier alpha value is -2.76. The Bertz CT molecular complexity index is 619. The Balaban J connectivity index is 1.99. The van der Waals surface area contributed by atoms with Crippen LogP contribution in [-0.2, 0) is 11.3 Å². The van der Waals surface area contributed by atoms with Crippen LogP contribution in [0.5, 0.6) is 5.75 Å². The maximum Gasteiger partial charge on any atom is 0.373 e. The number of furan rings is 1. The Kier molecular flexibility index (Phi) is 4.39. The molecule has 2 aromatic rings. The molecule has 0 fully saturated rings. The highest BCUT2D eigenvalue weighted by Gasteiger charge is 2.11. The molecular formula is C14H14N2O4. The number of esters is 1. The van der Waals surface area contributed by atoms with Gasteiger partial charge in [0.05, 0.1) is 13.3 Å². The van der Waals surface area contributed by atoms with Crippen molar-refractivity contribution in [2.75, 3.05) is 7.11 Å². The second-order valence-corrected chi connectivity index (χ2v) is 3.90. The summed E-state index contributed by atoms with van der Waals surface area (Å²) in [5.74, 6) is 5.90. The number of carbonyl (C=O) groups is 1. The highest BCUT2D eigenvalue weighted by Crippen LogP contribution is 2.16.